The summed E-state index contributed by atoms with van der Waals surface area (Å²) in [6.07, 6.45) is 0.166. The first-order valence-corrected chi connectivity index (χ1v) is 12.0. The Hall–Kier alpha value is -4.59. The molecule has 0 unspecified atom stereocenters. The lowest BCUT2D eigenvalue weighted by Gasteiger charge is -2.17. The first-order chi connectivity index (χ1) is 18.3. The quantitative estimate of drug-likeness (QED) is 0.296. The second-order valence-corrected chi connectivity index (χ2v) is 8.98. The third kappa shape index (κ3) is 6.39. The number of thiazole rings is 1. The van der Waals surface area contributed by atoms with Crippen LogP contribution in [0.1, 0.15) is 11.3 Å². The summed E-state index contributed by atoms with van der Waals surface area (Å²) in [5.41, 5.74) is 2.04. The highest BCUT2D eigenvalue weighted by Crippen LogP contribution is 2.32. The average Bonchev–Trinajstić information content (AvgIpc) is 3.53. The molecule has 14 heteroatoms. The van der Waals surface area contributed by atoms with Crippen LogP contribution < -0.4 is 15.0 Å². The summed E-state index contributed by atoms with van der Waals surface area (Å²) < 4.78 is 43.1. The summed E-state index contributed by atoms with van der Waals surface area (Å²) in [5, 5.41) is 11.6. The SMILES string of the molecule is O=C(Cn1cc(CN(c2ncccn2)c2nc3ccccc3s2)nn1)NCc1ccc(OC(F)(F)F)cc1. The molecule has 2 aromatic carbocycles. The Morgan fingerprint density at radius 2 is 1.82 bits per heavy atom. The van der Waals surface area contributed by atoms with E-state index < -0.39 is 6.36 Å². The number of aromatic nitrogens is 6. The van der Waals surface area contributed by atoms with Crippen molar-refractivity contribution in [1.29, 1.82) is 0 Å². The standard InChI is InChI=1S/C24H19F3N8O2S/c25-24(26,27)37-18-8-6-16(7-9-18)12-30-21(36)15-34-13-17(32-33-34)14-35(22-28-10-3-11-29-22)23-31-19-4-1-2-5-20(19)38-23/h1-11,13H,12,14-15H2,(H,30,36). The van der Waals surface area contributed by atoms with Crippen molar-refractivity contribution in [1.82, 2.24) is 35.3 Å². The third-order valence-corrected chi connectivity index (χ3v) is 6.22. The maximum absolute atomic E-state index is 12.4. The van der Waals surface area contributed by atoms with E-state index in [2.05, 4.69) is 30.3 Å². The molecular formula is C24H19F3N8O2S. The predicted molar refractivity (Wildman–Crippen MR) is 132 cm³/mol. The van der Waals surface area contributed by atoms with Gasteiger partial charge in [0.2, 0.25) is 11.9 Å². The molecule has 0 saturated carbocycles. The summed E-state index contributed by atoms with van der Waals surface area (Å²) in [7, 11) is 0. The van der Waals surface area contributed by atoms with Gasteiger partial charge in [0.1, 0.15) is 18.0 Å². The van der Waals surface area contributed by atoms with Crippen LogP contribution in [-0.2, 0) is 24.4 Å². The predicted octanol–water partition coefficient (Wildman–Crippen LogP) is 4.23. The van der Waals surface area contributed by atoms with E-state index in [0.717, 1.165) is 10.2 Å². The molecule has 3 aromatic heterocycles. The first kappa shape index (κ1) is 25.1. The minimum atomic E-state index is -4.76. The molecular weight excluding hydrogens is 521 g/mol. The molecule has 0 fully saturated rings. The number of alkyl halides is 3. The number of nitrogens with zero attached hydrogens (tertiary/aromatic N) is 7. The van der Waals surface area contributed by atoms with Gasteiger partial charge in [0.25, 0.3) is 0 Å². The number of carbonyl (C=O) groups excluding carboxylic acids is 1. The highest BCUT2D eigenvalue weighted by atomic mass is 32.1. The minimum absolute atomic E-state index is 0.0920. The van der Waals surface area contributed by atoms with Gasteiger partial charge >= 0.3 is 6.36 Å². The number of amides is 1. The second-order valence-electron chi connectivity index (χ2n) is 7.98. The lowest BCUT2D eigenvalue weighted by Crippen LogP contribution is -2.27. The van der Waals surface area contributed by atoms with E-state index in [-0.39, 0.29) is 31.3 Å². The number of para-hydroxylation sites is 1. The molecule has 0 atom stereocenters. The zero-order valence-corrected chi connectivity index (χ0v) is 20.4. The third-order valence-electron chi connectivity index (χ3n) is 5.17. The zero-order chi connectivity index (χ0) is 26.5. The van der Waals surface area contributed by atoms with Gasteiger partial charge in [-0.05, 0) is 35.9 Å². The van der Waals surface area contributed by atoms with E-state index in [1.54, 1.807) is 24.7 Å². The molecule has 1 N–H and O–H groups in total. The molecule has 5 aromatic rings. The van der Waals surface area contributed by atoms with E-state index in [9.17, 15) is 18.0 Å². The van der Waals surface area contributed by atoms with Crippen molar-refractivity contribution in [3.63, 3.8) is 0 Å². The number of nitrogens with one attached hydrogen (secondary N) is 1. The van der Waals surface area contributed by atoms with Gasteiger partial charge in [0.15, 0.2) is 5.13 Å². The lowest BCUT2D eigenvalue weighted by atomic mass is 10.2. The Labute approximate surface area is 217 Å². The van der Waals surface area contributed by atoms with Crippen LogP contribution in [0, 0.1) is 0 Å². The van der Waals surface area contributed by atoms with Crippen molar-refractivity contribution in [3.05, 3.63) is 84.4 Å². The molecule has 0 aliphatic heterocycles. The normalized spacial score (nSPS) is 11.4. The molecule has 194 valence electrons. The number of carbonyl (C=O) groups is 1. The largest absolute Gasteiger partial charge is 0.573 e. The fourth-order valence-electron chi connectivity index (χ4n) is 3.49. The summed E-state index contributed by atoms with van der Waals surface area (Å²) in [4.78, 5) is 27.6. The van der Waals surface area contributed by atoms with Gasteiger partial charge in [-0.1, -0.05) is 40.8 Å². The van der Waals surface area contributed by atoms with Crippen molar-refractivity contribution in [2.24, 2.45) is 0 Å². The number of anilines is 2. The highest BCUT2D eigenvalue weighted by Gasteiger charge is 2.31. The van der Waals surface area contributed by atoms with Gasteiger partial charge in [-0.3, -0.25) is 9.69 Å². The Morgan fingerprint density at radius 1 is 1.05 bits per heavy atom. The molecule has 0 saturated heterocycles. The molecule has 5 rings (SSSR count). The van der Waals surface area contributed by atoms with Gasteiger partial charge in [-0.25, -0.2) is 19.6 Å². The van der Waals surface area contributed by atoms with Crippen LogP contribution in [0.3, 0.4) is 0 Å². The smallest absolute Gasteiger partial charge is 0.406 e. The number of hydrogen-bond acceptors (Lipinski definition) is 9. The van der Waals surface area contributed by atoms with E-state index in [1.165, 1.54) is 40.3 Å². The van der Waals surface area contributed by atoms with Crippen LogP contribution >= 0.6 is 11.3 Å². The lowest BCUT2D eigenvalue weighted by molar-refractivity contribution is -0.274. The average molecular weight is 541 g/mol. The second kappa shape index (κ2) is 10.8. The van der Waals surface area contributed by atoms with Crippen molar-refractivity contribution < 1.29 is 22.7 Å². The van der Waals surface area contributed by atoms with Crippen LogP contribution in [0.25, 0.3) is 10.2 Å². The van der Waals surface area contributed by atoms with Gasteiger partial charge in [-0.15, -0.1) is 18.3 Å². The molecule has 38 heavy (non-hydrogen) atoms. The molecule has 0 radical (unpaired) electrons. The van der Waals surface area contributed by atoms with Gasteiger partial charge in [0.05, 0.1) is 23.0 Å². The topological polar surface area (TPSA) is 111 Å². The van der Waals surface area contributed by atoms with Gasteiger partial charge in [0, 0.05) is 18.9 Å². The Morgan fingerprint density at radius 3 is 2.55 bits per heavy atom. The number of hydrogen-bond donors (Lipinski definition) is 1. The molecule has 0 aliphatic rings. The van der Waals surface area contributed by atoms with Crippen molar-refractivity contribution in [3.8, 4) is 5.75 Å². The van der Waals surface area contributed by atoms with Crippen LogP contribution in [-0.4, -0.2) is 42.2 Å². The summed E-state index contributed by atoms with van der Waals surface area (Å²) >= 11 is 1.50. The molecule has 1 amide bonds. The number of fused-ring (bicyclic) bond motifs is 1. The Balaban J connectivity index is 1.22. The fourth-order valence-corrected chi connectivity index (χ4v) is 4.45. The minimum Gasteiger partial charge on any atom is -0.406 e. The Kier molecular flexibility index (Phi) is 7.13. The van der Waals surface area contributed by atoms with Crippen LogP contribution in [0.5, 0.6) is 5.75 Å². The van der Waals surface area contributed by atoms with Gasteiger partial charge in [-0.2, -0.15) is 0 Å². The number of benzene rings is 2. The van der Waals surface area contributed by atoms with Gasteiger partial charge < -0.3 is 10.1 Å². The van der Waals surface area contributed by atoms with Crippen molar-refractivity contribution in [2.45, 2.75) is 26.0 Å². The van der Waals surface area contributed by atoms with Crippen LogP contribution in [0.4, 0.5) is 24.3 Å². The van der Waals surface area contributed by atoms with E-state index in [4.69, 9.17) is 4.98 Å². The Bertz CT molecular complexity index is 1490. The summed E-state index contributed by atoms with van der Waals surface area (Å²) in [5.74, 6) is -0.222. The van der Waals surface area contributed by atoms with E-state index in [1.807, 2.05) is 29.2 Å². The maximum Gasteiger partial charge on any atom is 0.573 e. The highest BCUT2D eigenvalue weighted by molar-refractivity contribution is 7.22. The van der Waals surface area contributed by atoms with Crippen molar-refractivity contribution >= 4 is 38.5 Å². The van der Waals surface area contributed by atoms with Crippen LogP contribution in [0.15, 0.2) is 73.2 Å². The molecule has 0 aliphatic carbocycles. The maximum atomic E-state index is 12.4. The van der Waals surface area contributed by atoms with E-state index >= 15 is 0 Å². The first-order valence-electron chi connectivity index (χ1n) is 11.2. The van der Waals surface area contributed by atoms with Crippen molar-refractivity contribution in [2.75, 3.05) is 4.90 Å². The zero-order valence-electron chi connectivity index (χ0n) is 19.5. The number of halogens is 3. The molecule has 0 bridgehead atoms. The molecule has 10 nitrogen and oxygen atoms in total. The summed E-state index contributed by atoms with van der Waals surface area (Å²) in [6, 6.07) is 14.8. The molecule has 3 heterocycles. The monoisotopic (exact) mass is 540 g/mol. The fraction of sp³-hybridized carbons (Fsp3) is 0.167. The summed E-state index contributed by atoms with van der Waals surface area (Å²) in [6.45, 7) is 0.312. The van der Waals surface area contributed by atoms with Crippen LogP contribution in [0.2, 0.25) is 0 Å². The van der Waals surface area contributed by atoms with E-state index in [0.29, 0.717) is 22.3 Å². The number of rotatable bonds is 9. The number of ether oxygens (including phenoxy) is 1. The molecule has 0 spiro atoms.